The molecule has 102 valence electrons. The zero-order valence-corrected chi connectivity index (χ0v) is 12.5. The Morgan fingerprint density at radius 3 is 2.50 bits per heavy atom. The predicted octanol–water partition coefficient (Wildman–Crippen LogP) is 3.09. The molecule has 1 aromatic heterocycles. The van der Waals surface area contributed by atoms with Crippen LogP contribution in [-0.2, 0) is 13.5 Å². The Hall–Kier alpha value is -0.540. The van der Waals surface area contributed by atoms with Crippen LogP contribution in [0.2, 0.25) is 5.15 Å². The molecule has 0 unspecified atom stereocenters. The lowest BCUT2D eigenvalue weighted by molar-refractivity contribution is 0.184. The number of hydrogen-bond donors (Lipinski definition) is 1. The predicted molar refractivity (Wildman–Crippen MR) is 76.1 cm³/mol. The van der Waals surface area contributed by atoms with Crippen molar-refractivity contribution in [2.45, 2.75) is 45.4 Å². The van der Waals surface area contributed by atoms with Gasteiger partial charge in [-0.2, -0.15) is 5.10 Å². The van der Waals surface area contributed by atoms with Crippen LogP contribution in [0.5, 0.6) is 0 Å². The van der Waals surface area contributed by atoms with Gasteiger partial charge in [-0.3, -0.25) is 4.68 Å². The second kappa shape index (κ2) is 5.62. The molecule has 1 saturated carbocycles. The van der Waals surface area contributed by atoms with Gasteiger partial charge in [-0.25, -0.2) is 0 Å². The van der Waals surface area contributed by atoms with Crippen LogP contribution >= 0.6 is 11.6 Å². The summed E-state index contributed by atoms with van der Waals surface area (Å²) in [6.45, 7) is 3.15. The summed E-state index contributed by atoms with van der Waals surface area (Å²) in [4.78, 5) is 0. The van der Waals surface area contributed by atoms with Gasteiger partial charge in [0.15, 0.2) is 0 Å². The monoisotopic (exact) mass is 269 g/mol. The highest BCUT2D eigenvalue weighted by Gasteiger charge is 2.33. The average molecular weight is 270 g/mol. The molecule has 1 heterocycles. The molecule has 4 heteroatoms. The van der Waals surface area contributed by atoms with Gasteiger partial charge in [-0.05, 0) is 38.6 Å². The molecule has 1 fully saturated rings. The van der Waals surface area contributed by atoms with E-state index >= 15 is 0 Å². The van der Waals surface area contributed by atoms with Gasteiger partial charge in [0.1, 0.15) is 5.15 Å². The fraction of sp³-hybridized carbons (Fsp3) is 0.786. The van der Waals surface area contributed by atoms with Crippen LogP contribution in [0.25, 0.3) is 0 Å². The van der Waals surface area contributed by atoms with Crippen molar-refractivity contribution < 1.29 is 0 Å². The largest absolute Gasteiger partial charge is 0.319 e. The van der Waals surface area contributed by atoms with Crippen LogP contribution < -0.4 is 5.32 Å². The first-order valence-corrected chi connectivity index (χ1v) is 7.28. The van der Waals surface area contributed by atoms with E-state index in [0.29, 0.717) is 5.41 Å². The summed E-state index contributed by atoms with van der Waals surface area (Å²) in [5.74, 6) is 0. The zero-order chi connectivity index (χ0) is 13.2. The molecule has 18 heavy (non-hydrogen) atoms. The lowest BCUT2D eigenvalue weighted by atomic mass is 9.70. The Bertz CT molecular complexity index is 400. The topological polar surface area (TPSA) is 29.9 Å². The van der Waals surface area contributed by atoms with Gasteiger partial charge in [0.25, 0.3) is 0 Å². The van der Waals surface area contributed by atoms with E-state index < -0.39 is 0 Å². The highest BCUT2D eigenvalue weighted by molar-refractivity contribution is 6.30. The summed E-state index contributed by atoms with van der Waals surface area (Å²) >= 11 is 6.38. The maximum Gasteiger partial charge on any atom is 0.130 e. The lowest BCUT2D eigenvalue weighted by Gasteiger charge is -2.37. The average Bonchev–Trinajstić information content (AvgIpc) is 2.58. The molecule has 1 aliphatic rings. The molecule has 3 nitrogen and oxygen atoms in total. The minimum atomic E-state index is 0.379. The first-order chi connectivity index (χ1) is 8.58. The Balaban J connectivity index is 2.22. The van der Waals surface area contributed by atoms with Crippen molar-refractivity contribution in [1.82, 2.24) is 15.1 Å². The van der Waals surface area contributed by atoms with Crippen molar-refractivity contribution in [3.63, 3.8) is 0 Å². The number of nitrogens with zero attached hydrogens (tertiary/aromatic N) is 2. The maximum atomic E-state index is 6.38. The molecule has 0 radical (unpaired) electrons. The van der Waals surface area contributed by atoms with Gasteiger partial charge in [0, 0.05) is 19.2 Å². The summed E-state index contributed by atoms with van der Waals surface area (Å²) in [6.07, 6.45) is 7.74. The summed E-state index contributed by atoms with van der Waals surface area (Å²) in [6, 6.07) is 0. The van der Waals surface area contributed by atoms with Crippen molar-refractivity contribution in [2.75, 3.05) is 13.6 Å². The van der Waals surface area contributed by atoms with Crippen LogP contribution in [0.1, 0.15) is 43.4 Å². The second-order valence-corrected chi connectivity index (χ2v) is 6.10. The Morgan fingerprint density at radius 1 is 1.33 bits per heavy atom. The fourth-order valence-corrected chi connectivity index (χ4v) is 3.58. The lowest BCUT2D eigenvalue weighted by Crippen LogP contribution is -2.36. The van der Waals surface area contributed by atoms with E-state index in [2.05, 4.69) is 17.3 Å². The first-order valence-electron chi connectivity index (χ1n) is 6.90. The van der Waals surface area contributed by atoms with Gasteiger partial charge in [-0.15, -0.1) is 0 Å². The van der Waals surface area contributed by atoms with Gasteiger partial charge < -0.3 is 5.32 Å². The highest BCUT2D eigenvalue weighted by atomic mass is 35.5. The van der Waals surface area contributed by atoms with Crippen molar-refractivity contribution in [3.8, 4) is 0 Å². The smallest absolute Gasteiger partial charge is 0.130 e. The third-order valence-corrected chi connectivity index (χ3v) is 4.76. The SMILES string of the molecule is CNCC1(Cc2c(C)nn(C)c2Cl)CCCCC1. The van der Waals surface area contributed by atoms with Crippen molar-refractivity contribution in [3.05, 3.63) is 16.4 Å². The molecule has 1 aliphatic carbocycles. The van der Waals surface area contributed by atoms with E-state index in [1.54, 1.807) is 4.68 Å². The van der Waals surface area contributed by atoms with E-state index in [4.69, 9.17) is 11.6 Å². The molecule has 2 rings (SSSR count). The van der Waals surface area contributed by atoms with E-state index in [9.17, 15) is 0 Å². The van der Waals surface area contributed by atoms with Crippen molar-refractivity contribution in [1.29, 1.82) is 0 Å². The number of nitrogens with one attached hydrogen (secondary N) is 1. The number of aryl methyl sites for hydroxylation is 2. The number of halogens is 1. The third-order valence-electron chi connectivity index (χ3n) is 4.29. The summed E-state index contributed by atoms with van der Waals surface area (Å²) in [5.41, 5.74) is 2.71. The van der Waals surface area contributed by atoms with Crippen LogP contribution in [0.15, 0.2) is 0 Å². The summed E-state index contributed by atoms with van der Waals surface area (Å²) < 4.78 is 1.79. The maximum absolute atomic E-state index is 6.38. The number of aromatic nitrogens is 2. The Kier molecular flexibility index (Phi) is 4.33. The Labute approximate surface area is 115 Å². The summed E-state index contributed by atoms with van der Waals surface area (Å²) in [5, 5.41) is 8.62. The van der Waals surface area contributed by atoms with Crippen LogP contribution in [-0.4, -0.2) is 23.4 Å². The normalized spacial score (nSPS) is 19.1. The van der Waals surface area contributed by atoms with Crippen molar-refractivity contribution >= 4 is 11.6 Å². The molecular weight excluding hydrogens is 246 g/mol. The van der Waals surface area contributed by atoms with Crippen LogP contribution in [0.3, 0.4) is 0 Å². The molecule has 0 spiro atoms. The summed E-state index contributed by atoms with van der Waals surface area (Å²) in [7, 11) is 3.97. The van der Waals surface area contributed by atoms with Gasteiger partial charge >= 0.3 is 0 Å². The molecule has 0 amide bonds. The van der Waals surface area contributed by atoms with E-state index in [-0.39, 0.29) is 0 Å². The molecule has 0 bridgehead atoms. The molecule has 1 N–H and O–H groups in total. The van der Waals surface area contributed by atoms with Gasteiger partial charge in [0.2, 0.25) is 0 Å². The molecule has 0 aromatic carbocycles. The molecular formula is C14H24ClN3. The van der Waals surface area contributed by atoms with E-state index in [1.165, 1.54) is 37.7 Å². The first kappa shape index (κ1) is 13.9. The second-order valence-electron chi connectivity index (χ2n) is 5.75. The van der Waals surface area contributed by atoms with Gasteiger partial charge in [0.05, 0.1) is 5.69 Å². The zero-order valence-electron chi connectivity index (χ0n) is 11.7. The van der Waals surface area contributed by atoms with E-state index in [1.807, 2.05) is 14.1 Å². The minimum Gasteiger partial charge on any atom is -0.319 e. The molecule has 1 aromatic rings. The van der Waals surface area contributed by atoms with Crippen molar-refractivity contribution in [2.24, 2.45) is 12.5 Å². The van der Waals surface area contributed by atoms with E-state index in [0.717, 1.165) is 23.8 Å². The standard InChI is InChI=1S/C14H24ClN3/c1-11-12(13(15)18(3)17-11)9-14(10-16-2)7-5-4-6-8-14/h16H,4-10H2,1-3H3. The quantitative estimate of drug-likeness (QED) is 0.910. The minimum absolute atomic E-state index is 0.379. The van der Waals surface area contributed by atoms with Gasteiger partial charge in [-0.1, -0.05) is 30.9 Å². The number of rotatable bonds is 4. The Morgan fingerprint density at radius 2 is 2.00 bits per heavy atom. The fourth-order valence-electron chi connectivity index (χ4n) is 3.34. The highest BCUT2D eigenvalue weighted by Crippen LogP contribution is 2.40. The number of hydrogen-bond acceptors (Lipinski definition) is 2. The van der Waals surface area contributed by atoms with Crippen LogP contribution in [0, 0.1) is 12.3 Å². The molecule has 0 aliphatic heterocycles. The third kappa shape index (κ3) is 2.72. The molecule has 0 saturated heterocycles. The molecule has 0 atom stereocenters. The van der Waals surface area contributed by atoms with Crippen LogP contribution in [0.4, 0.5) is 0 Å².